The van der Waals surface area contributed by atoms with E-state index < -0.39 is 10.0 Å². The predicted molar refractivity (Wildman–Crippen MR) is 120 cm³/mol. The SMILES string of the molecule is COc1ccc(S(=O)(=O)N2CCN(Cc3nc(-c4ccc(Cl)cc4)cs3)CC2)cc1. The van der Waals surface area contributed by atoms with Gasteiger partial charge in [0.2, 0.25) is 10.0 Å². The Morgan fingerprint density at radius 2 is 1.70 bits per heavy atom. The molecule has 158 valence electrons. The molecule has 6 nitrogen and oxygen atoms in total. The van der Waals surface area contributed by atoms with Crippen LogP contribution in [0.2, 0.25) is 5.02 Å². The lowest BCUT2D eigenvalue weighted by atomic mass is 10.2. The number of sulfonamides is 1. The van der Waals surface area contributed by atoms with E-state index in [2.05, 4.69) is 4.90 Å². The Balaban J connectivity index is 1.36. The van der Waals surface area contributed by atoms with Gasteiger partial charge in [-0.1, -0.05) is 23.7 Å². The Morgan fingerprint density at radius 1 is 1.03 bits per heavy atom. The van der Waals surface area contributed by atoms with E-state index >= 15 is 0 Å². The van der Waals surface area contributed by atoms with Gasteiger partial charge in [-0.3, -0.25) is 4.90 Å². The number of thiazole rings is 1. The van der Waals surface area contributed by atoms with Crippen LogP contribution in [0.25, 0.3) is 11.3 Å². The number of aromatic nitrogens is 1. The van der Waals surface area contributed by atoms with E-state index in [1.54, 1.807) is 47.0 Å². The van der Waals surface area contributed by atoms with Crippen molar-refractivity contribution < 1.29 is 13.2 Å². The minimum atomic E-state index is -3.49. The van der Waals surface area contributed by atoms with Crippen molar-refractivity contribution >= 4 is 33.0 Å². The van der Waals surface area contributed by atoms with Gasteiger partial charge in [-0.2, -0.15) is 4.31 Å². The van der Waals surface area contributed by atoms with Gasteiger partial charge in [0.15, 0.2) is 0 Å². The lowest BCUT2D eigenvalue weighted by Gasteiger charge is -2.33. The van der Waals surface area contributed by atoms with Crippen molar-refractivity contribution in [3.8, 4) is 17.0 Å². The highest BCUT2D eigenvalue weighted by Gasteiger charge is 2.28. The zero-order valence-corrected chi connectivity index (χ0v) is 18.9. The summed E-state index contributed by atoms with van der Waals surface area (Å²) in [5.74, 6) is 0.639. The molecule has 0 N–H and O–H groups in total. The third-order valence-electron chi connectivity index (χ3n) is 5.08. The molecule has 0 radical (unpaired) electrons. The molecule has 1 fully saturated rings. The second kappa shape index (κ2) is 9.03. The van der Waals surface area contributed by atoms with E-state index in [9.17, 15) is 8.42 Å². The van der Waals surface area contributed by atoms with Crippen LogP contribution < -0.4 is 4.74 Å². The smallest absolute Gasteiger partial charge is 0.243 e. The Morgan fingerprint density at radius 3 is 2.33 bits per heavy atom. The van der Waals surface area contributed by atoms with Gasteiger partial charge in [-0.15, -0.1) is 11.3 Å². The maximum Gasteiger partial charge on any atom is 0.243 e. The number of halogens is 1. The van der Waals surface area contributed by atoms with Crippen LogP contribution >= 0.6 is 22.9 Å². The van der Waals surface area contributed by atoms with Gasteiger partial charge in [-0.05, 0) is 36.4 Å². The van der Waals surface area contributed by atoms with Crippen molar-refractivity contribution in [2.24, 2.45) is 0 Å². The molecule has 1 aliphatic heterocycles. The molecule has 0 atom stereocenters. The van der Waals surface area contributed by atoms with Gasteiger partial charge >= 0.3 is 0 Å². The van der Waals surface area contributed by atoms with Crippen molar-refractivity contribution in [1.29, 1.82) is 0 Å². The molecule has 2 heterocycles. The first-order chi connectivity index (χ1) is 14.5. The Labute approximate surface area is 185 Å². The van der Waals surface area contributed by atoms with Crippen molar-refractivity contribution in [1.82, 2.24) is 14.2 Å². The highest BCUT2D eigenvalue weighted by atomic mass is 35.5. The summed E-state index contributed by atoms with van der Waals surface area (Å²) in [4.78, 5) is 7.26. The summed E-state index contributed by atoms with van der Waals surface area (Å²) in [6.45, 7) is 2.98. The molecule has 9 heteroatoms. The largest absolute Gasteiger partial charge is 0.497 e. The quantitative estimate of drug-likeness (QED) is 0.553. The van der Waals surface area contributed by atoms with Crippen LogP contribution in [-0.2, 0) is 16.6 Å². The van der Waals surface area contributed by atoms with Gasteiger partial charge in [0.1, 0.15) is 10.8 Å². The average Bonchev–Trinajstić information content (AvgIpc) is 3.23. The van der Waals surface area contributed by atoms with Crippen LogP contribution in [0.4, 0.5) is 0 Å². The van der Waals surface area contributed by atoms with Gasteiger partial charge in [-0.25, -0.2) is 13.4 Å². The fraction of sp³-hybridized carbons (Fsp3) is 0.286. The Kier molecular flexibility index (Phi) is 6.40. The van der Waals surface area contributed by atoms with Crippen LogP contribution in [0.5, 0.6) is 5.75 Å². The standard InChI is InChI=1S/C21H22ClN3O3S2/c1-28-18-6-8-19(9-7-18)30(26,27)25-12-10-24(11-13-25)14-21-23-20(15-29-21)16-2-4-17(22)5-3-16/h2-9,15H,10-14H2,1H3. The topological polar surface area (TPSA) is 62.7 Å². The molecule has 1 aromatic heterocycles. The fourth-order valence-corrected chi connectivity index (χ4v) is 5.75. The highest BCUT2D eigenvalue weighted by molar-refractivity contribution is 7.89. The summed E-state index contributed by atoms with van der Waals surface area (Å²) < 4.78 is 32.4. The molecule has 1 saturated heterocycles. The molecule has 3 aromatic rings. The minimum absolute atomic E-state index is 0.296. The van der Waals surface area contributed by atoms with E-state index in [1.165, 1.54) is 0 Å². The summed E-state index contributed by atoms with van der Waals surface area (Å²) in [6.07, 6.45) is 0. The van der Waals surface area contributed by atoms with Crippen LogP contribution in [0.1, 0.15) is 5.01 Å². The van der Waals surface area contributed by atoms with Gasteiger partial charge in [0.25, 0.3) is 0 Å². The summed E-state index contributed by atoms with van der Waals surface area (Å²) >= 11 is 7.57. The van der Waals surface area contributed by atoms with E-state index in [4.69, 9.17) is 21.3 Å². The number of rotatable bonds is 6. The van der Waals surface area contributed by atoms with Crippen LogP contribution in [0, 0.1) is 0 Å². The monoisotopic (exact) mass is 463 g/mol. The van der Waals surface area contributed by atoms with Crippen LogP contribution in [0.15, 0.2) is 58.8 Å². The molecule has 0 amide bonds. The zero-order valence-electron chi connectivity index (χ0n) is 16.5. The van der Waals surface area contributed by atoms with E-state index in [-0.39, 0.29) is 0 Å². The number of hydrogen-bond acceptors (Lipinski definition) is 6. The van der Waals surface area contributed by atoms with Gasteiger partial charge < -0.3 is 4.74 Å². The summed E-state index contributed by atoms with van der Waals surface area (Å²) in [7, 11) is -1.93. The number of methoxy groups -OCH3 is 1. The summed E-state index contributed by atoms with van der Waals surface area (Å²) in [6, 6.07) is 14.2. The average molecular weight is 464 g/mol. The molecule has 0 unspecified atom stereocenters. The molecule has 0 saturated carbocycles. The maximum atomic E-state index is 12.9. The normalized spacial score (nSPS) is 15.9. The van der Waals surface area contributed by atoms with Gasteiger partial charge in [0.05, 0.1) is 24.2 Å². The zero-order chi connectivity index (χ0) is 21.1. The predicted octanol–water partition coefficient (Wildman–Crippen LogP) is 3.98. The summed E-state index contributed by atoms with van der Waals surface area (Å²) in [5, 5.41) is 3.77. The minimum Gasteiger partial charge on any atom is -0.497 e. The molecule has 1 aliphatic rings. The second-order valence-electron chi connectivity index (χ2n) is 6.99. The number of ether oxygens (including phenoxy) is 1. The van der Waals surface area contributed by atoms with E-state index in [0.717, 1.165) is 16.3 Å². The van der Waals surface area contributed by atoms with Crippen molar-refractivity contribution in [2.45, 2.75) is 11.4 Å². The summed E-state index contributed by atoms with van der Waals surface area (Å²) in [5.41, 5.74) is 1.98. The van der Waals surface area contributed by atoms with Crippen LogP contribution in [0.3, 0.4) is 0 Å². The van der Waals surface area contributed by atoms with Crippen molar-refractivity contribution in [2.75, 3.05) is 33.3 Å². The second-order valence-corrected chi connectivity index (χ2v) is 10.3. The highest BCUT2D eigenvalue weighted by Crippen LogP contribution is 2.25. The first-order valence-electron chi connectivity index (χ1n) is 9.52. The van der Waals surface area contributed by atoms with Gasteiger partial charge in [0, 0.05) is 42.1 Å². The van der Waals surface area contributed by atoms with E-state index in [1.807, 2.05) is 29.6 Å². The number of piperazine rings is 1. The molecule has 0 bridgehead atoms. The molecule has 2 aromatic carbocycles. The van der Waals surface area contributed by atoms with Crippen molar-refractivity contribution in [3.63, 3.8) is 0 Å². The molecular formula is C21H22ClN3O3S2. The fourth-order valence-electron chi connectivity index (χ4n) is 3.35. The lowest BCUT2D eigenvalue weighted by molar-refractivity contribution is 0.181. The first-order valence-corrected chi connectivity index (χ1v) is 12.2. The maximum absolute atomic E-state index is 12.9. The number of benzene rings is 2. The molecule has 30 heavy (non-hydrogen) atoms. The third-order valence-corrected chi connectivity index (χ3v) is 8.08. The molecule has 0 aliphatic carbocycles. The lowest BCUT2D eigenvalue weighted by Crippen LogP contribution is -2.48. The third kappa shape index (κ3) is 4.68. The van der Waals surface area contributed by atoms with Crippen LogP contribution in [-0.4, -0.2) is 55.9 Å². The molecule has 4 rings (SSSR count). The molecular weight excluding hydrogens is 442 g/mol. The van der Waals surface area contributed by atoms with E-state index in [0.29, 0.717) is 48.4 Å². The number of hydrogen-bond donors (Lipinski definition) is 0. The van der Waals surface area contributed by atoms with Crippen molar-refractivity contribution in [3.05, 3.63) is 63.9 Å². The molecule has 0 spiro atoms. The Hall–Kier alpha value is -1.97. The Bertz CT molecular complexity index is 1090. The number of nitrogens with zero attached hydrogens (tertiary/aromatic N) is 3. The first kappa shape index (κ1) is 21.3.